The van der Waals surface area contributed by atoms with Gasteiger partial charge in [0, 0.05) is 10.3 Å². The predicted octanol–water partition coefficient (Wildman–Crippen LogP) is 5.77. The molecule has 2 aromatic carbocycles. The van der Waals surface area contributed by atoms with E-state index in [1.807, 2.05) is 11.8 Å². The van der Waals surface area contributed by atoms with Gasteiger partial charge < -0.3 is 4.74 Å². The van der Waals surface area contributed by atoms with Gasteiger partial charge in [0.1, 0.15) is 11.9 Å². The summed E-state index contributed by atoms with van der Waals surface area (Å²) in [6, 6.07) is 18.9. The number of ether oxygens (including phenoxy) is 1. The van der Waals surface area contributed by atoms with Crippen LogP contribution in [0, 0.1) is 0 Å². The molecule has 0 aliphatic carbocycles. The minimum atomic E-state index is 0.142. The monoisotopic (exact) mass is 314 g/mol. The van der Waals surface area contributed by atoms with Crippen LogP contribution in [0.4, 0.5) is 0 Å². The zero-order valence-corrected chi connectivity index (χ0v) is 13.6. The summed E-state index contributed by atoms with van der Waals surface area (Å²) in [5.74, 6) is 2.08. The van der Waals surface area contributed by atoms with Crippen molar-refractivity contribution >= 4 is 33.9 Å². The Kier molecular flexibility index (Phi) is 4.84. The minimum absolute atomic E-state index is 0.142. The minimum Gasteiger partial charge on any atom is -0.484 e. The number of thioether (sulfide) groups is 1. The van der Waals surface area contributed by atoms with Crippen molar-refractivity contribution in [3.05, 3.63) is 64.9 Å². The van der Waals surface area contributed by atoms with Crippen molar-refractivity contribution in [3.8, 4) is 5.75 Å². The Bertz CT molecular complexity index is 686. The van der Waals surface area contributed by atoms with Crippen LogP contribution in [0.1, 0.15) is 17.4 Å². The van der Waals surface area contributed by atoms with Gasteiger partial charge in [0.05, 0.1) is 0 Å². The summed E-state index contributed by atoms with van der Waals surface area (Å²) in [6.45, 7) is 0. The molecule has 0 bridgehead atoms. The van der Waals surface area contributed by atoms with E-state index in [1.165, 1.54) is 15.6 Å². The lowest BCUT2D eigenvalue weighted by Gasteiger charge is -2.19. The molecule has 3 rings (SSSR count). The molecular weight excluding hydrogens is 296 g/mol. The summed E-state index contributed by atoms with van der Waals surface area (Å²) >= 11 is 3.64. The molecule has 0 saturated heterocycles. The first-order valence-corrected chi connectivity index (χ1v) is 9.32. The summed E-state index contributed by atoms with van der Waals surface area (Å²) in [6.07, 6.45) is 3.32. The Morgan fingerprint density at radius 3 is 2.71 bits per heavy atom. The molecule has 108 valence electrons. The number of hydrogen-bond acceptors (Lipinski definition) is 3. The first kappa shape index (κ1) is 14.5. The maximum absolute atomic E-state index is 6.37. The van der Waals surface area contributed by atoms with Crippen LogP contribution in [0.5, 0.6) is 5.75 Å². The van der Waals surface area contributed by atoms with Crippen molar-refractivity contribution in [1.82, 2.24) is 0 Å². The largest absolute Gasteiger partial charge is 0.484 e. The predicted molar refractivity (Wildman–Crippen MR) is 94.6 cm³/mol. The molecule has 0 saturated carbocycles. The second-order valence-corrected chi connectivity index (χ2v) is 6.85. The van der Waals surface area contributed by atoms with Gasteiger partial charge in [0.25, 0.3) is 0 Å². The highest BCUT2D eigenvalue weighted by Crippen LogP contribution is 2.33. The van der Waals surface area contributed by atoms with Gasteiger partial charge in [-0.3, -0.25) is 0 Å². The molecule has 0 aliphatic rings. The Hall–Kier alpha value is -1.45. The molecule has 0 radical (unpaired) electrons. The molecule has 0 N–H and O–H groups in total. The lowest BCUT2D eigenvalue weighted by molar-refractivity contribution is 0.209. The molecule has 21 heavy (non-hydrogen) atoms. The molecule has 3 heteroatoms. The summed E-state index contributed by atoms with van der Waals surface area (Å²) in [5.41, 5.74) is 0. The van der Waals surface area contributed by atoms with Crippen LogP contribution in [0.25, 0.3) is 10.8 Å². The van der Waals surface area contributed by atoms with Crippen LogP contribution in [0.15, 0.2) is 60.0 Å². The van der Waals surface area contributed by atoms with Gasteiger partial charge in [-0.2, -0.15) is 11.8 Å². The number of fused-ring (bicyclic) bond motifs is 1. The Morgan fingerprint density at radius 1 is 1.05 bits per heavy atom. The third-order valence-corrected chi connectivity index (χ3v) is 5.07. The Labute approximate surface area is 134 Å². The van der Waals surface area contributed by atoms with E-state index in [9.17, 15) is 0 Å². The first-order valence-electron chi connectivity index (χ1n) is 7.05. The SMILES string of the molecule is CSCCC(Oc1cccc2ccccc12)c1cccs1. The average Bonchev–Trinajstić information content (AvgIpc) is 3.06. The van der Waals surface area contributed by atoms with Gasteiger partial charge >= 0.3 is 0 Å². The van der Waals surface area contributed by atoms with Gasteiger partial charge in [-0.15, -0.1) is 11.3 Å². The molecule has 1 atom stereocenters. The second kappa shape index (κ2) is 7.01. The second-order valence-electron chi connectivity index (χ2n) is 4.88. The zero-order valence-electron chi connectivity index (χ0n) is 12.0. The zero-order chi connectivity index (χ0) is 14.5. The maximum atomic E-state index is 6.37. The number of thiophene rings is 1. The van der Waals surface area contributed by atoms with E-state index in [0.717, 1.165) is 17.9 Å². The van der Waals surface area contributed by atoms with Gasteiger partial charge in [0.2, 0.25) is 0 Å². The molecule has 0 spiro atoms. The summed E-state index contributed by atoms with van der Waals surface area (Å²) < 4.78 is 6.37. The van der Waals surface area contributed by atoms with Crippen LogP contribution in [0.3, 0.4) is 0 Å². The van der Waals surface area contributed by atoms with E-state index in [0.29, 0.717) is 0 Å². The average molecular weight is 314 g/mol. The van der Waals surface area contributed by atoms with E-state index < -0.39 is 0 Å². The van der Waals surface area contributed by atoms with E-state index in [4.69, 9.17) is 4.74 Å². The Morgan fingerprint density at radius 2 is 1.90 bits per heavy atom. The number of benzene rings is 2. The first-order chi connectivity index (χ1) is 10.4. The van der Waals surface area contributed by atoms with Crippen LogP contribution in [-0.2, 0) is 0 Å². The van der Waals surface area contributed by atoms with Gasteiger partial charge in [0.15, 0.2) is 0 Å². The van der Waals surface area contributed by atoms with E-state index in [1.54, 1.807) is 11.3 Å². The lowest BCUT2D eigenvalue weighted by Crippen LogP contribution is -2.07. The van der Waals surface area contributed by atoms with Crippen molar-refractivity contribution < 1.29 is 4.74 Å². The smallest absolute Gasteiger partial charge is 0.134 e. The van der Waals surface area contributed by atoms with E-state index in [2.05, 4.69) is 66.2 Å². The van der Waals surface area contributed by atoms with Crippen LogP contribution in [-0.4, -0.2) is 12.0 Å². The molecule has 1 unspecified atom stereocenters. The summed E-state index contributed by atoms with van der Waals surface area (Å²) in [4.78, 5) is 1.30. The quantitative estimate of drug-likeness (QED) is 0.571. The Balaban J connectivity index is 1.90. The van der Waals surface area contributed by atoms with Crippen LogP contribution in [0.2, 0.25) is 0 Å². The molecule has 3 aromatic rings. The fourth-order valence-electron chi connectivity index (χ4n) is 2.41. The standard InChI is InChI=1S/C18H18OS2/c1-20-13-11-17(18-10-5-12-21-18)19-16-9-4-7-14-6-2-3-8-15(14)16/h2-10,12,17H,11,13H2,1H3. The van der Waals surface area contributed by atoms with Crippen molar-refractivity contribution in [2.75, 3.05) is 12.0 Å². The maximum Gasteiger partial charge on any atom is 0.134 e. The topological polar surface area (TPSA) is 9.23 Å². The van der Waals surface area contributed by atoms with Gasteiger partial charge in [-0.1, -0.05) is 42.5 Å². The highest BCUT2D eigenvalue weighted by molar-refractivity contribution is 7.98. The van der Waals surface area contributed by atoms with Crippen LogP contribution >= 0.6 is 23.1 Å². The molecule has 0 aliphatic heterocycles. The molecule has 1 heterocycles. The van der Waals surface area contributed by atoms with E-state index in [-0.39, 0.29) is 6.10 Å². The molecular formula is C18H18OS2. The number of rotatable bonds is 6. The molecule has 0 fully saturated rings. The normalized spacial score (nSPS) is 12.4. The molecule has 1 aromatic heterocycles. The fourth-order valence-corrected chi connectivity index (χ4v) is 3.65. The van der Waals surface area contributed by atoms with Crippen molar-refractivity contribution in [1.29, 1.82) is 0 Å². The van der Waals surface area contributed by atoms with Gasteiger partial charge in [-0.05, 0) is 41.3 Å². The summed E-state index contributed by atoms with van der Waals surface area (Å²) in [5, 5.41) is 4.53. The highest BCUT2D eigenvalue weighted by Gasteiger charge is 2.15. The lowest BCUT2D eigenvalue weighted by atomic mass is 10.1. The van der Waals surface area contributed by atoms with Crippen molar-refractivity contribution in [2.24, 2.45) is 0 Å². The molecule has 0 amide bonds. The summed E-state index contributed by atoms with van der Waals surface area (Å²) in [7, 11) is 0. The van der Waals surface area contributed by atoms with Crippen molar-refractivity contribution in [3.63, 3.8) is 0 Å². The van der Waals surface area contributed by atoms with Crippen LogP contribution < -0.4 is 4.74 Å². The fraction of sp³-hybridized carbons (Fsp3) is 0.222. The van der Waals surface area contributed by atoms with Crippen molar-refractivity contribution in [2.45, 2.75) is 12.5 Å². The highest BCUT2D eigenvalue weighted by atomic mass is 32.2. The molecule has 1 nitrogen and oxygen atoms in total. The third-order valence-electron chi connectivity index (χ3n) is 3.46. The number of hydrogen-bond donors (Lipinski definition) is 0. The van der Waals surface area contributed by atoms with Gasteiger partial charge in [-0.25, -0.2) is 0 Å². The third kappa shape index (κ3) is 3.42. The van der Waals surface area contributed by atoms with E-state index >= 15 is 0 Å².